The van der Waals surface area contributed by atoms with Gasteiger partial charge in [-0.05, 0) is 36.2 Å². The minimum Gasteiger partial charge on any atom is -0.491 e. The summed E-state index contributed by atoms with van der Waals surface area (Å²) in [6.07, 6.45) is 0. The zero-order chi connectivity index (χ0) is 13.2. The van der Waals surface area contributed by atoms with Crippen LogP contribution >= 0.6 is 11.9 Å². The average Bonchev–Trinajstić information content (AvgIpc) is 2.73. The molecule has 0 spiro atoms. The molecule has 4 heteroatoms. The van der Waals surface area contributed by atoms with Crippen molar-refractivity contribution < 1.29 is 9.13 Å². The summed E-state index contributed by atoms with van der Waals surface area (Å²) in [5.41, 5.74) is 0.811. The Balaban J connectivity index is 2.15. The normalized spacial score (nSPS) is 10.8. The Morgan fingerprint density at radius 3 is 2.42 bits per heavy atom. The molecule has 2 nitrogen and oxygen atoms in total. The highest BCUT2D eigenvalue weighted by molar-refractivity contribution is 7.98. The Morgan fingerprint density at radius 2 is 1.68 bits per heavy atom. The van der Waals surface area contributed by atoms with Crippen molar-refractivity contribution in [3.8, 4) is 5.75 Å². The molecule has 3 rings (SSSR count). The summed E-state index contributed by atoms with van der Waals surface area (Å²) >= 11 is 1.34. The summed E-state index contributed by atoms with van der Waals surface area (Å²) in [6, 6.07) is 17.2. The second-order valence-corrected chi connectivity index (χ2v) is 5.06. The third-order valence-corrected chi connectivity index (χ3v) is 3.90. The predicted octanol–water partition coefficient (Wildman–Crippen LogP) is 4.34. The number of aromatic nitrogens is 1. The Labute approximate surface area is 114 Å². The topological polar surface area (TPSA) is 14.2 Å². The van der Waals surface area contributed by atoms with E-state index in [-0.39, 0.29) is 5.95 Å². The number of para-hydroxylation sites is 1. The lowest BCUT2D eigenvalue weighted by atomic mass is 10.2. The van der Waals surface area contributed by atoms with Gasteiger partial charge in [-0.1, -0.05) is 30.3 Å². The van der Waals surface area contributed by atoms with Crippen LogP contribution in [0.5, 0.6) is 5.75 Å². The fourth-order valence-electron chi connectivity index (χ4n) is 2.02. The van der Waals surface area contributed by atoms with Crippen molar-refractivity contribution in [2.24, 2.45) is 0 Å². The fraction of sp³-hybridized carbons (Fsp3) is 0.0667. The van der Waals surface area contributed by atoms with Crippen LogP contribution in [0.2, 0.25) is 0 Å². The van der Waals surface area contributed by atoms with Crippen LogP contribution in [0, 0.1) is 5.95 Å². The molecule has 2 aromatic carbocycles. The first-order chi connectivity index (χ1) is 9.31. The molecule has 0 saturated carbocycles. The first-order valence-corrected chi connectivity index (χ1v) is 6.65. The van der Waals surface area contributed by atoms with Crippen molar-refractivity contribution in [2.75, 3.05) is 7.11 Å². The maximum Gasteiger partial charge on any atom is 0.247 e. The largest absolute Gasteiger partial charge is 0.491 e. The van der Waals surface area contributed by atoms with Gasteiger partial charge in [0.2, 0.25) is 5.95 Å². The minimum atomic E-state index is -0.363. The lowest BCUT2D eigenvalue weighted by molar-refractivity contribution is 0.386. The average molecular weight is 273 g/mol. The summed E-state index contributed by atoms with van der Waals surface area (Å²) in [5.74, 6) is -0.0726. The minimum absolute atomic E-state index is 0.291. The van der Waals surface area contributed by atoms with E-state index in [0.29, 0.717) is 5.75 Å². The van der Waals surface area contributed by atoms with Gasteiger partial charge >= 0.3 is 0 Å². The van der Waals surface area contributed by atoms with E-state index >= 15 is 0 Å². The lowest BCUT2D eigenvalue weighted by Crippen LogP contribution is -1.92. The third-order valence-electron chi connectivity index (χ3n) is 2.88. The van der Waals surface area contributed by atoms with Crippen LogP contribution in [-0.4, -0.2) is 11.1 Å². The molecule has 19 heavy (non-hydrogen) atoms. The van der Waals surface area contributed by atoms with Crippen LogP contribution in [0.3, 0.4) is 0 Å². The van der Waals surface area contributed by atoms with Gasteiger partial charge in [0.15, 0.2) is 5.75 Å². The Hall–Kier alpha value is -1.94. The molecule has 0 aliphatic rings. The van der Waals surface area contributed by atoms with Crippen LogP contribution in [-0.2, 0) is 0 Å². The molecule has 0 aliphatic heterocycles. The number of nitrogens with zero attached hydrogens (tertiary/aromatic N) is 1. The highest BCUT2D eigenvalue weighted by Crippen LogP contribution is 2.36. The summed E-state index contributed by atoms with van der Waals surface area (Å²) in [7, 11) is 1.49. The van der Waals surface area contributed by atoms with Gasteiger partial charge in [-0.15, -0.1) is 0 Å². The summed E-state index contributed by atoms with van der Waals surface area (Å²) in [6.45, 7) is 0. The first-order valence-electron chi connectivity index (χ1n) is 5.87. The van der Waals surface area contributed by atoms with Crippen molar-refractivity contribution in [1.29, 1.82) is 0 Å². The molecule has 0 amide bonds. The Morgan fingerprint density at radius 1 is 1.00 bits per heavy atom. The van der Waals surface area contributed by atoms with E-state index in [1.165, 1.54) is 19.1 Å². The molecule has 0 unspecified atom stereocenters. The summed E-state index contributed by atoms with van der Waals surface area (Å²) in [5, 5.41) is 0.783. The van der Waals surface area contributed by atoms with Crippen LogP contribution in [0.4, 0.5) is 4.39 Å². The molecule has 1 aromatic heterocycles. The van der Waals surface area contributed by atoms with Gasteiger partial charge in [-0.2, -0.15) is 4.39 Å². The van der Waals surface area contributed by atoms with Crippen molar-refractivity contribution in [1.82, 2.24) is 3.97 Å². The number of fused-ring (bicyclic) bond motifs is 1. The van der Waals surface area contributed by atoms with Crippen molar-refractivity contribution in [2.45, 2.75) is 4.90 Å². The number of ether oxygens (including phenoxy) is 1. The second kappa shape index (κ2) is 4.97. The van der Waals surface area contributed by atoms with Gasteiger partial charge in [-0.25, -0.2) is 0 Å². The maximum absolute atomic E-state index is 14.4. The van der Waals surface area contributed by atoms with Gasteiger partial charge in [0.05, 0.1) is 12.6 Å². The third kappa shape index (κ3) is 2.08. The number of rotatable bonds is 3. The fourth-order valence-corrected chi connectivity index (χ4v) is 2.93. The highest BCUT2D eigenvalue weighted by Gasteiger charge is 2.18. The SMILES string of the molecule is COc1c(F)n(Sc2ccccc2)c2ccccc12. The number of halogens is 1. The summed E-state index contributed by atoms with van der Waals surface area (Å²) in [4.78, 5) is 0.977. The molecule has 0 aliphatic carbocycles. The van der Waals surface area contributed by atoms with Gasteiger partial charge in [0.1, 0.15) is 0 Å². The van der Waals surface area contributed by atoms with Crippen molar-refractivity contribution in [3.63, 3.8) is 0 Å². The smallest absolute Gasteiger partial charge is 0.247 e. The molecule has 0 bridgehead atoms. The van der Waals surface area contributed by atoms with E-state index in [4.69, 9.17) is 4.74 Å². The number of benzene rings is 2. The Kier molecular flexibility index (Phi) is 3.17. The molecule has 0 fully saturated rings. The quantitative estimate of drug-likeness (QED) is 0.704. The standard InChI is InChI=1S/C15H12FNOS/c1-18-14-12-9-5-6-10-13(12)17(15(14)16)19-11-7-3-2-4-8-11/h2-10H,1H3. The molecule has 0 radical (unpaired) electrons. The van der Waals surface area contributed by atoms with E-state index in [1.54, 1.807) is 3.97 Å². The van der Waals surface area contributed by atoms with Gasteiger partial charge in [0.25, 0.3) is 0 Å². The first kappa shape index (κ1) is 12.1. The second-order valence-electron chi connectivity index (χ2n) is 4.04. The molecule has 0 saturated heterocycles. The summed E-state index contributed by atoms with van der Waals surface area (Å²) < 4.78 is 21.1. The predicted molar refractivity (Wildman–Crippen MR) is 76.1 cm³/mol. The molecule has 1 heterocycles. The Bertz CT molecular complexity index is 709. The molecular formula is C15H12FNOS. The lowest BCUT2D eigenvalue weighted by Gasteiger charge is -2.04. The van der Waals surface area contributed by atoms with E-state index < -0.39 is 0 Å². The van der Waals surface area contributed by atoms with E-state index in [2.05, 4.69) is 0 Å². The number of methoxy groups -OCH3 is 1. The molecule has 96 valence electrons. The van der Waals surface area contributed by atoms with E-state index in [1.807, 2.05) is 54.6 Å². The molecule has 3 aromatic rings. The van der Waals surface area contributed by atoms with Crippen LogP contribution in [0.1, 0.15) is 0 Å². The zero-order valence-corrected chi connectivity index (χ0v) is 11.2. The maximum atomic E-state index is 14.4. The van der Waals surface area contributed by atoms with E-state index in [0.717, 1.165) is 15.8 Å². The monoisotopic (exact) mass is 273 g/mol. The molecular weight excluding hydrogens is 261 g/mol. The van der Waals surface area contributed by atoms with Crippen molar-refractivity contribution in [3.05, 3.63) is 60.5 Å². The van der Waals surface area contributed by atoms with Crippen LogP contribution < -0.4 is 4.74 Å². The highest BCUT2D eigenvalue weighted by atomic mass is 32.2. The van der Waals surface area contributed by atoms with E-state index in [9.17, 15) is 4.39 Å². The number of hydrogen-bond donors (Lipinski definition) is 0. The van der Waals surface area contributed by atoms with Crippen molar-refractivity contribution >= 4 is 22.9 Å². The van der Waals surface area contributed by atoms with Gasteiger partial charge in [-0.3, -0.25) is 3.97 Å². The molecule has 0 N–H and O–H groups in total. The van der Waals surface area contributed by atoms with Gasteiger partial charge < -0.3 is 4.74 Å². The van der Waals surface area contributed by atoms with Crippen LogP contribution in [0.25, 0.3) is 10.9 Å². The van der Waals surface area contributed by atoms with Gasteiger partial charge in [0, 0.05) is 10.3 Å². The zero-order valence-electron chi connectivity index (χ0n) is 10.3. The molecule has 0 atom stereocenters. The van der Waals surface area contributed by atoms with Crippen LogP contribution in [0.15, 0.2) is 59.5 Å². The number of hydrogen-bond acceptors (Lipinski definition) is 2.